The van der Waals surface area contributed by atoms with Gasteiger partial charge < -0.3 is 5.32 Å². The second-order valence-electron chi connectivity index (χ2n) is 5.54. The molecule has 108 valence electrons. The summed E-state index contributed by atoms with van der Waals surface area (Å²) in [7, 11) is 0. The monoisotopic (exact) mass is 352 g/mol. The van der Waals surface area contributed by atoms with E-state index in [1.54, 1.807) is 11.3 Å². The van der Waals surface area contributed by atoms with Crippen LogP contribution in [-0.2, 0) is 6.54 Å². The second-order valence-corrected chi connectivity index (χ2v) is 7.47. The molecule has 1 N–H and O–H groups in total. The van der Waals surface area contributed by atoms with E-state index in [0.717, 1.165) is 28.3 Å². The van der Waals surface area contributed by atoms with E-state index in [-0.39, 0.29) is 0 Å². The zero-order chi connectivity index (χ0) is 14.7. The SMILES string of the molecule is Cc1ccc(-c2nc(C)c(CNCC(C)C)s2)c(Br)c1. The molecule has 20 heavy (non-hydrogen) atoms. The van der Waals surface area contributed by atoms with Crippen molar-refractivity contribution in [3.8, 4) is 10.6 Å². The molecule has 0 amide bonds. The molecule has 0 radical (unpaired) electrons. The third-order valence-corrected chi connectivity index (χ3v) is 4.93. The van der Waals surface area contributed by atoms with Gasteiger partial charge in [0, 0.05) is 21.5 Å². The summed E-state index contributed by atoms with van der Waals surface area (Å²) in [6.07, 6.45) is 0. The molecule has 0 atom stereocenters. The number of rotatable bonds is 5. The van der Waals surface area contributed by atoms with Crippen LogP contribution in [0, 0.1) is 19.8 Å². The topological polar surface area (TPSA) is 24.9 Å². The minimum absolute atomic E-state index is 0.675. The van der Waals surface area contributed by atoms with Gasteiger partial charge in [0.2, 0.25) is 0 Å². The van der Waals surface area contributed by atoms with Gasteiger partial charge in [-0.05, 0) is 37.9 Å². The molecule has 4 heteroatoms. The Balaban J connectivity index is 2.18. The molecule has 0 aliphatic carbocycles. The average molecular weight is 353 g/mol. The molecular weight excluding hydrogens is 332 g/mol. The minimum Gasteiger partial charge on any atom is -0.312 e. The number of hydrogen-bond acceptors (Lipinski definition) is 3. The molecule has 0 fully saturated rings. The highest BCUT2D eigenvalue weighted by Crippen LogP contribution is 2.33. The first-order valence-electron chi connectivity index (χ1n) is 6.91. The Morgan fingerprint density at radius 1 is 1.30 bits per heavy atom. The first-order valence-corrected chi connectivity index (χ1v) is 8.52. The van der Waals surface area contributed by atoms with Crippen molar-refractivity contribution >= 4 is 27.3 Å². The predicted molar refractivity (Wildman–Crippen MR) is 91.3 cm³/mol. The third-order valence-electron chi connectivity index (χ3n) is 3.09. The molecule has 0 spiro atoms. The largest absolute Gasteiger partial charge is 0.312 e. The molecular formula is C16H21BrN2S. The maximum atomic E-state index is 4.72. The van der Waals surface area contributed by atoms with Crippen LogP contribution in [0.3, 0.4) is 0 Å². The molecule has 2 rings (SSSR count). The Bertz CT molecular complexity index is 590. The Morgan fingerprint density at radius 3 is 2.70 bits per heavy atom. The van der Waals surface area contributed by atoms with Crippen molar-refractivity contribution in [2.75, 3.05) is 6.54 Å². The smallest absolute Gasteiger partial charge is 0.125 e. The summed E-state index contributed by atoms with van der Waals surface area (Å²) in [4.78, 5) is 6.04. The number of benzene rings is 1. The van der Waals surface area contributed by atoms with Crippen LogP contribution in [0.25, 0.3) is 10.6 Å². The number of halogens is 1. The van der Waals surface area contributed by atoms with Gasteiger partial charge in [0.25, 0.3) is 0 Å². The summed E-state index contributed by atoms with van der Waals surface area (Å²) >= 11 is 5.42. The fourth-order valence-electron chi connectivity index (χ4n) is 1.98. The van der Waals surface area contributed by atoms with Crippen molar-refractivity contribution in [1.82, 2.24) is 10.3 Å². The van der Waals surface area contributed by atoms with Crippen molar-refractivity contribution in [2.24, 2.45) is 5.92 Å². The van der Waals surface area contributed by atoms with Crippen LogP contribution in [-0.4, -0.2) is 11.5 Å². The van der Waals surface area contributed by atoms with E-state index in [1.165, 1.54) is 16.0 Å². The van der Waals surface area contributed by atoms with Crippen LogP contribution in [0.5, 0.6) is 0 Å². The number of hydrogen-bond donors (Lipinski definition) is 1. The third kappa shape index (κ3) is 3.90. The van der Waals surface area contributed by atoms with Gasteiger partial charge in [-0.25, -0.2) is 4.98 Å². The van der Waals surface area contributed by atoms with Crippen LogP contribution in [0.2, 0.25) is 0 Å². The standard InChI is InChI=1S/C16H21BrN2S/c1-10(2)8-18-9-15-12(4)19-16(20-15)13-6-5-11(3)7-14(13)17/h5-7,10,18H,8-9H2,1-4H3. The van der Waals surface area contributed by atoms with E-state index >= 15 is 0 Å². The molecule has 0 bridgehead atoms. The minimum atomic E-state index is 0.675. The summed E-state index contributed by atoms with van der Waals surface area (Å²) in [5, 5.41) is 4.58. The van der Waals surface area contributed by atoms with Crippen molar-refractivity contribution < 1.29 is 0 Å². The van der Waals surface area contributed by atoms with Gasteiger partial charge in [-0.2, -0.15) is 0 Å². The lowest BCUT2D eigenvalue weighted by Gasteiger charge is -2.05. The normalized spacial score (nSPS) is 11.3. The van der Waals surface area contributed by atoms with E-state index in [4.69, 9.17) is 4.98 Å². The predicted octanol–water partition coefficient (Wildman–Crippen LogP) is 4.94. The molecule has 0 unspecified atom stereocenters. The van der Waals surface area contributed by atoms with Gasteiger partial charge >= 0.3 is 0 Å². The Labute approximate surface area is 133 Å². The highest BCUT2D eigenvalue weighted by atomic mass is 79.9. The number of thiazole rings is 1. The fourth-order valence-corrected chi connectivity index (χ4v) is 3.86. The van der Waals surface area contributed by atoms with E-state index in [1.807, 2.05) is 0 Å². The number of aromatic nitrogens is 1. The lowest BCUT2D eigenvalue weighted by Crippen LogP contribution is -2.18. The summed E-state index contributed by atoms with van der Waals surface area (Å²) in [5.74, 6) is 0.675. The molecule has 1 aromatic carbocycles. The Morgan fingerprint density at radius 2 is 2.05 bits per heavy atom. The second kappa shape index (κ2) is 6.83. The highest BCUT2D eigenvalue weighted by molar-refractivity contribution is 9.10. The van der Waals surface area contributed by atoms with Crippen molar-refractivity contribution in [3.05, 3.63) is 38.8 Å². The zero-order valence-electron chi connectivity index (χ0n) is 12.5. The van der Waals surface area contributed by atoms with E-state index < -0.39 is 0 Å². The molecule has 1 heterocycles. The molecule has 2 aromatic rings. The van der Waals surface area contributed by atoms with Crippen molar-refractivity contribution in [1.29, 1.82) is 0 Å². The lowest BCUT2D eigenvalue weighted by atomic mass is 10.2. The number of aryl methyl sites for hydroxylation is 2. The van der Waals surface area contributed by atoms with Gasteiger partial charge in [0.1, 0.15) is 5.01 Å². The lowest BCUT2D eigenvalue weighted by molar-refractivity contribution is 0.554. The maximum Gasteiger partial charge on any atom is 0.125 e. The maximum absolute atomic E-state index is 4.72. The molecule has 0 aliphatic heterocycles. The van der Waals surface area contributed by atoms with Gasteiger partial charge in [-0.3, -0.25) is 0 Å². The summed E-state index contributed by atoms with van der Waals surface area (Å²) in [6, 6.07) is 6.42. The van der Waals surface area contributed by atoms with Gasteiger partial charge in [0.05, 0.1) is 5.69 Å². The van der Waals surface area contributed by atoms with Crippen LogP contribution >= 0.6 is 27.3 Å². The van der Waals surface area contributed by atoms with Gasteiger partial charge in [-0.1, -0.05) is 41.9 Å². The summed E-state index contributed by atoms with van der Waals surface area (Å²) in [5.41, 5.74) is 3.57. The van der Waals surface area contributed by atoms with Crippen LogP contribution in [0.1, 0.15) is 30.0 Å². The van der Waals surface area contributed by atoms with Crippen molar-refractivity contribution in [2.45, 2.75) is 34.2 Å². The quantitative estimate of drug-likeness (QED) is 0.824. The van der Waals surface area contributed by atoms with E-state index in [0.29, 0.717) is 5.92 Å². The Hall–Kier alpha value is -0.710. The first kappa shape index (κ1) is 15.7. The molecule has 0 saturated carbocycles. The molecule has 0 aliphatic rings. The summed E-state index contributed by atoms with van der Waals surface area (Å²) in [6.45, 7) is 10.6. The van der Waals surface area contributed by atoms with Gasteiger partial charge in [0.15, 0.2) is 0 Å². The molecule has 0 saturated heterocycles. The van der Waals surface area contributed by atoms with Crippen LogP contribution in [0.4, 0.5) is 0 Å². The zero-order valence-corrected chi connectivity index (χ0v) is 14.9. The highest BCUT2D eigenvalue weighted by Gasteiger charge is 2.11. The van der Waals surface area contributed by atoms with E-state index in [9.17, 15) is 0 Å². The number of nitrogens with one attached hydrogen (secondary N) is 1. The summed E-state index contributed by atoms with van der Waals surface area (Å²) < 4.78 is 1.12. The Kier molecular flexibility index (Phi) is 5.35. The molecule has 2 nitrogen and oxygen atoms in total. The van der Waals surface area contributed by atoms with Crippen molar-refractivity contribution in [3.63, 3.8) is 0 Å². The van der Waals surface area contributed by atoms with Gasteiger partial charge in [-0.15, -0.1) is 11.3 Å². The average Bonchev–Trinajstić information content (AvgIpc) is 2.70. The van der Waals surface area contributed by atoms with E-state index in [2.05, 4.69) is 67.1 Å². The fraction of sp³-hybridized carbons (Fsp3) is 0.438. The number of nitrogens with zero attached hydrogens (tertiary/aromatic N) is 1. The first-order chi connectivity index (χ1) is 9.47. The molecule has 1 aromatic heterocycles. The van der Waals surface area contributed by atoms with Crippen LogP contribution < -0.4 is 5.32 Å². The van der Waals surface area contributed by atoms with Crippen LogP contribution in [0.15, 0.2) is 22.7 Å².